The minimum Gasteiger partial charge on any atom is -0.496 e. The summed E-state index contributed by atoms with van der Waals surface area (Å²) >= 11 is 5.39. The molecule has 0 unspecified atom stereocenters. The number of pyridine rings is 1. The summed E-state index contributed by atoms with van der Waals surface area (Å²) in [5.74, 6) is 0.306. The first-order valence-corrected chi connectivity index (χ1v) is 10.4. The van der Waals surface area contributed by atoms with E-state index in [2.05, 4.69) is 25.3 Å². The molecule has 3 heterocycles. The molecule has 0 atom stereocenters. The van der Waals surface area contributed by atoms with Gasteiger partial charge in [0.15, 0.2) is 10.5 Å². The number of aromatic amines is 1. The summed E-state index contributed by atoms with van der Waals surface area (Å²) in [7, 11) is 4.29. The number of H-pyrrole nitrogens is 1. The average molecular weight is 481 g/mol. The fourth-order valence-corrected chi connectivity index (χ4v) is 3.57. The number of aromatic nitrogens is 5. The van der Waals surface area contributed by atoms with Crippen molar-refractivity contribution in [1.82, 2.24) is 29.8 Å². The van der Waals surface area contributed by atoms with E-state index in [0.29, 0.717) is 17.8 Å². The molecule has 34 heavy (non-hydrogen) atoms. The van der Waals surface area contributed by atoms with Crippen molar-refractivity contribution in [3.63, 3.8) is 0 Å². The number of nitrogens with one attached hydrogen (secondary N) is 2. The number of hydrogen-bond acceptors (Lipinski definition) is 9. The van der Waals surface area contributed by atoms with Crippen LogP contribution in [-0.2, 0) is 6.54 Å². The summed E-state index contributed by atoms with van der Waals surface area (Å²) < 4.78 is 16.9. The first-order chi connectivity index (χ1) is 16.5. The fourth-order valence-electron chi connectivity index (χ4n) is 3.29. The molecule has 0 fully saturated rings. The van der Waals surface area contributed by atoms with E-state index in [-0.39, 0.29) is 39.2 Å². The molecule has 0 aliphatic heterocycles. The van der Waals surface area contributed by atoms with Crippen LogP contribution >= 0.6 is 12.2 Å². The molecule has 1 aromatic carbocycles. The standard InChI is InChI=1S/C22H20N6O5S/c1-31-16-9-13-15(8-14(16)18(29)24-10-12-4-6-23-7-5-12)26-22(34)28(20(13)30)21-25-11-17(32-2)19(27-21)33-3/h4-9,11H,10H2,1-3H3,(H,24,29)(H,26,34). The third kappa shape index (κ3) is 4.30. The number of benzene rings is 1. The number of methoxy groups -OCH3 is 3. The third-order valence-electron chi connectivity index (χ3n) is 4.99. The molecule has 0 saturated heterocycles. The van der Waals surface area contributed by atoms with Gasteiger partial charge in [0.25, 0.3) is 17.3 Å². The van der Waals surface area contributed by atoms with Crippen molar-refractivity contribution >= 4 is 29.0 Å². The molecule has 0 saturated carbocycles. The van der Waals surface area contributed by atoms with Gasteiger partial charge in [-0.3, -0.25) is 14.6 Å². The summed E-state index contributed by atoms with van der Waals surface area (Å²) in [4.78, 5) is 41.5. The molecule has 12 heteroatoms. The van der Waals surface area contributed by atoms with E-state index < -0.39 is 5.56 Å². The second-order valence-corrected chi connectivity index (χ2v) is 7.34. The van der Waals surface area contributed by atoms with E-state index in [0.717, 1.165) is 10.1 Å². The number of nitrogens with zero attached hydrogens (tertiary/aromatic N) is 4. The highest BCUT2D eigenvalue weighted by molar-refractivity contribution is 7.71. The van der Waals surface area contributed by atoms with E-state index in [9.17, 15) is 9.59 Å². The van der Waals surface area contributed by atoms with E-state index >= 15 is 0 Å². The Kier molecular flexibility index (Phi) is 6.50. The quantitative estimate of drug-likeness (QED) is 0.382. The number of amides is 1. The van der Waals surface area contributed by atoms with Crippen LogP contribution in [0.15, 0.2) is 47.7 Å². The molecule has 1 amide bonds. The van der Waals surface area contributed by atoms with Crippen molar-refractivity contribution in [2.75, 3.05) is 21.3 Å². The van der Waals surface area contributed by atoms with Gasteiger partial charge < -0.3 is 24.5 Å². The van der Waals surface area contributed by atoms with Crippen LogP contribution in [0.2, 0.25) is 0 Å². The van der Waals surface area contributed by atoms with Crippen molar-refractivity contribution in [2.24, 2.45) is 0 Å². The minimum atomic E-state index is -0.493. The Morgan fingerprint density at radius 3 is 2.53 bits per heavy atom. The first kappa shape index (κ1) is 22.9. The zero-order chi connectivity index (χ0) is 24.2. The molecule has 4 rings (SSSR count). The Hall–Kier alpha value is -4.32. The van der Waals surface area contributed by atoms with Gasteiger partial charge in [-0.1, -0.05) is 0 Å². The van der Waals surface area contributed by atoms with Crippen molar-refractivity contribution in [2.45, 2.75) is 6.54 Å². The largest absolute Gasteiger partial charge is 0.496 e. The maximum atomic E-state index is 13.3. The van der Waals surface area contributed by atoms with Gasteiger partial charge in [0.2, 0.25) is 5.95 Å². The van der Waals surface area contributed by atoms with Crippen LogP contribution in [-0.4, -0.2) is 51.7 Å². The molecule has 174 valence electrons. The van der Waals surface area contributed by atoms with Gasteiger partial charge in [-0.15, -0.1) is 0 Å². The third-order valence-corrected chi connectivity index (χ3v) is 5.27. The van der Waals surface area contributed by atoms with Crippen molar-refractivity contribution in [3.8, 4) is 23.3 Å². The van der Waals surface area contributed by atoms with Gasteiger partial charge in [0.05, 0.1) is 44.0 Å². The van der Waals surface area contributed by atoms with Gasteiger partial charge in [-0.25, -0.2) is 9.55 Å². The van der Waals surface area contributed by atoms with E-state index in [1.165, 1.54) is 39.7 Å². The lowest BCUT2D eigenvalue weighted by molar-refractivity contribution is 0.0948. The van der Waals surface area contributed by atoms with Gasteiger partial charge in [0, 0.05) is 18.9 Å². The average Bonchev–Trinajstić information content (AvgIpc) is 2.87. The van der Waals surface area contributed by atoms with Gasteiger partial charge in [0.1, 0.15) is 5.75 Å². The monoisotopic (exact) mass is 480 g/mol. The molecule has 0 radical (unpaired) electrons. The van der Waals surface area contributed by atoms with Crippen molar-refractivity contribution < 1.29 is 19.0 Å². The zero-order valence-electron chi connectivity index (χ0n) is 18.5. The molecular weight excluding hydrogens is 460 g/mol. The lowest BCUT2D eigenvalue weighted by Gasteiger charge is -2.13. The Balaban J connectivity index is 1.77. The number of ether oxygens (including phenoxy) is 3. The molecule has 3 aromatic heterocycles. The molecule has 2 N–H and O–H groups in total. The molecule has 4 aromatic rings. The number of carbonyl (C=O) groups excluding carboxylic acids is 1. The lowest BCUT2D eigenvalue weighted by atomic mass is 10.1. The molecule has 0 spiro atoms. The highest BCUT2D eigenvalue weighted by Gasteiger charge is 2.18. The summed E-state index contributed by atoms with van der Waals surface area (Å²) in [6, 6.07) is 6.59. The summed E-state index contributed by atoms with van der Waals surface area (Å²) in [6.45, 7) is 0.302. The maximum Gasteiger partial charge on any atom is 0.269 e. The SMILES string of the molecule is COc1cc2c(=O)n(-c3ncc(OC)c(OC)n3)c(=S)[nH]c2cc1C(=O)NCc1ccncc1. The molecule has 0 bridgehead atoms. The lowest BCUT2D eigenvalue weighted by Crippen LogP contribution is -2.25. The number of rotatable bonds is 7. The smallest absolute Gasteiger partial charge is 0.269 e. The fraction of sp³-hybridized carbons (Fsp3) is 0.182. The maximum absolute atomic E-state index is 13.3. The number of hydrogen-bond donors (Lipinski definition) is 2. The molecular formula is C22H20N6O5S. The van der Waals surface area contributed by atoms with Crippen LogP contribution in [0.25, 0.3) is 16.9 Å². The summed E-state index contributed by atoms with van der Waals surface area (Å²) in [5.41, 5.74) is 1.00. The Bertz CT molecular complexity index is 1490. The second kappa shape index (κ2) is 9.67. The molecule has 11 nitrogen and oxygen atoms in total. The van der Waals surface area contributed by atoms with Crippen LogP contribution in [0.5, 0.6) is 17.4 Å². The van der Waals surface area contributed by atoms with Crippen LogP contribution < -0.4 is 25.1 Å². The van der Waals surface area contributed by atoms with E-state index in [1.807, 2.05) is 0 Å². The van der Waals surface area contributed by atoms with Gasteiger partial charge >= 0.3 is 0 Å². The highest BCUT2D eigenvalue weighted by atomic mass is 32.1. The van der Waals surface area contributed by atoms with Crippen LogP contribution in [0, 0.1) is 4.77 Å². The Labute approximate surface area is 198 Å². The molecule has 0 aliphatic rings. The van der Waals surface area contributed by atoms with Crippen molar-refractivity contribution in [3.05, 3.63) is 69.1 Å². The predicted molar refractivity (Wildman–Crippen MR) is 125 cm³/mol. The van der Waals surface area contributed by atoms with Crippen molar-refractivity contribution in [1.29, 1.82) is 0 Å². The van der Waals surface area contributed by atoms with E-state index in [1.54, 1.807) is 24.5 Å². The first-order valence-electron chi connectivity index (χ1n) is 9.96. The van der Waals surface area contributed by atoms with E-state index in [4.69, 9.17) is 26.4 Å². The summed E-state index contributed by atoms with van der Waals surface area (Å²) in [5, 5.41) is 3.06. The zero-order valence-corrected chi connectivity index (χ0v) is 19.3. The van der Waals surface area contributed by atoms with Gasteiger partial charge in [-0.05, 0) is 42.0 Å². The number of carbonyl (C=O) groups is 1. The Morgan fingerprint density at radius 2 is 1.85 bits per heavy atom. The number of fused-ring (bicyclic) bond motifs is 1. The normalized spacial score (nSPS) is 10.7. The Morgan fingerprint density at radius 1 is 1.12 bits per heavy atom. The van der Waals surface area contributed by atoms with Crippen LogP contribution in [0.1, 0.15) is 15.9 Å². The van der Waals surface area contributed by atoms with Gasteiger partial charge in [-0.2, -0.15) is 4.98 Å². The second-order valence-electron chi connectivity index (χ2n) is 6.95. The minimum absolute atomic E-state index is 0.00365. The topological polar surface area (TPSA) is 133 Å². The summed E-state index contributed by atoms with van der Waals surface area (Å²) in [6.07, 6.45) is 4.67. The van der Waals surface area contributed by atoms with Crippen LogP contribution in [0.3, 0.4) is 0 Å². The predicted octanol–water partition coefficient (Wildman–Crippen LogP) is 2.19. The highest BCUT2D eigenvalue weighted by Crippen LogP contribution is 2.25. The van der Waals surface area contributed by atoms with Crippen LogP contribution in [0.4, 0.5) is 0 Å². The molecule has 0 aliphatic carbocycles.